The summed E-state index contributed by atoms with van der Waals surface area (Å²) in [7, 11) is 0. The molecule has 0 bridgehead atoms. The number of aliphatic hydroxyl groups is 2. The molecule has 140 valence electrons. The summed E-state index contributed by atoms with van der Waals surface area (Å²) < 4.78 is 1.86. The van der Waals surface area contributed by atoms with Crippen molar-refractivity contribution in [1.82, 2.24) is 19.5 Å². The number of hydrogen-bond acceptors (Lipinski definition) is 7. The highest BCUT2D eigenvalue weighted by Crippen LogP contribution is 2.36. The summed E-state index contributed by atoms with van der Waals surface area (Å²) in [6.07, 6.45) is 4.05. The van der Waals surface area contributed by atoms with Crippen LogP contribution >= 0.6 is 0 Å². The van der Waals surface area contributed by atoms with Gasteiger partial charge in [-0.05, 0) is 31.6 Å². The van der Waals surface area contributed by atoms with E-state index in [0.29, 0.717) is 35.9 Å². The first kappa shape index (κ1) is 17.4. The highest BCUT2D eigenvalue weighted by molar-refractivity contribution is 5.76. The van der Waals surface area contributed by atoms with E-state index < -0.39 is 12.2 Å². The van der Waals surface area contributed by atoms with Crippen molar-refractivity contribution in [1.29, 1.82) is 0 Å². The van der Waals surface area contributed by atoms with Gasteiger partial charge < -0.3 is 24.5 Å². The summed E-state index contributed by atoms with van der Waals surface area (Å²) >= 11 is 0. The zero-order valence-corrected chi connectivity index (χ0v) is 15.1. The molecule has 0 amide bonds. The average molecular weight is 359 g/mol. The van der Waals surface area contributed by atoms with Crippen LogP contribution in [0.1, 0.15) is 39.2 Å². The lowest BCUT2D eigenvalue weighted by molar-refractivity contribution is -0.117. The van der Waals surface area contributed by atoms with Crippen molar-refractivity contribution in [2.75, 3.05) is 18.0 Å². The fraction of sp³-hybridized carbons (Fsp3) is 0.667. The van der Waals surface area contributed by atoms with Crippen molar-refractivity contribution >= 4 is 22.9 Å². The largest absolute Gasteiger partial charge is 0.390 e. The molecule has 2 aliphatic rings. The fourth-order valence-electron chi connectivity index (χ4n) is 4.30. The summed E-state index contributed by atoms with van der Waals surface area (Å²) in [4.78, 5) is 26.9. The summed E-state index contributed by atoms with van der Waals surface area (Å²) in [6, 6.07) is -0.239. The van der Waals surface area contributed by atoms with Crippen LogP contribution in [0.4, 0.5) is 5.95 Å². The van der Waals surface area contributed by atoms with E-state index in [-0.39, 0.29) is 17.7 Å². The number of hydrogen-bond donors (Lipinski definition) is 2. The molecule has 2 aromatic rings. The predicted octanol–water partition coefficient (Wildman–Crippen LogP) is 0.934. The second-order valence-electron chi connectivity index (χ2n) is 7.80. The topological polar surface area (TPSA) is 104 Å². The van der Waals surface area contributed by atoms with Gasteiger partial charge in [-0.2, -0.15) is 4.98 Å². The summed E-state index contributed by atoms with van der Waals surface area (Å²) in [5.41, 5.74) is 1.35. The molecule has 0 radical (unpaired) electrons. The molecule has 0 spiro atoms. The Morgan fingerprint density at radius 1 is 1.31 bits per heavy atom. The molecule has 3 heterocycles. The van der Waals surface area contributed by atoms with Crippen LogP contribution in [0.25, 0.3) is 11.2 Å². The minimum atomic E-state index is -0.826. The number of Topliss-reactive ketones (excluding diaryl/α,β-unsaturated/α-hetero) is 1. The third-order valence-electron chi connectivity index (χ3n) is 5.75. The van der Waals surface area contributed by atoms with Gasteiger partial charge in [0, 0.05) is 19.5 Å². The Bertz CT molecular complexity index is 822. The Hall–Kier alpha value is -2.06. The van der Waals surface area contributed by atoms with Crippen LogP contribution < -0.4 is 4.90 Å². The molecule has 26 heavy (non-hydrogen) atoms. The fourth-order valence-corrected chi connectivity index (χ4v) is 4.30. The minimum absolute atomic E-state index is 0.0275. The maximum Gasteiger partial charge on any atom is 0.227 e. The average Bonchev–Trinajstić information content (AvgIpc) is 3.29. The van der Waals surface area contributed by atoms with Crippen LogP contribution in [0.5, 0.6) is 0 Å². The number of carbonyl (C=O) groups is 1. The monoisotopic (exact) mass is 359 g/mol. The van der Waals surface area contributed by atoms with E-state index in [4.69, 9.17) is 4.98 Å². The van der Waals surface area contributed by atoms with Gasteiger partial charge in [0.15, 0.2) is 5.65 Å². The van der Waals surface area contributed by atoms with E-state index in [0.717, 1.165) is 19.5 Å². The molecule has 2 N–H and O–H groups in total. The first-order valence-electron chi connectivity index (χ1n) is 9.24. The van der Waals surface area contributed by atoms with E-state index in [9.17, 15) is 15.0 Å². The Kier molecular flexibility index (Phi) is 4.40. The maximum atomic E-state index is 11.4. The minimum Gasteiger partial charge on any atom is -0.390 e. The van der Waals surface area contributed by atoms with Crippen molar-refractivity contribution < 1.29 is 15.0 Å². The summed E-state index contributed by atoms with van der Waals surface area (Å²) in [5.74, 6) is 1.23. The zero-order chi connectivity index (χ0) is 18.4. The Balaban J connectivity index is 1.61. The van der Waals surface area contributed by atoms with Gasteiger partial charge in [-0.15, -0.1) is 0 Å². The second kappa shape index (κ2) is 6.59. The SMILES string of the molecule is CC(=O)C[C@@H]1CCN(c2ncc3ncn([C@@H]4C[C@H](C)[C@@H](O)[C@H]4O)c3n2)C1. The van der Waals surface area contributed by atoms with E-state index in [1.165, 1.54) is 0 Å². The lowest BCUT2D eigenvalue weighted by Gasteiger charge is -2.19. The van der Waals surface area contributed by atoms with Gasteiger partial charge in [0.05, 0.1) is 24.7 Å². The van der Waals surface area contributed by atoms with Gasteiger partial charge in [0.2, 0.25) is 5.95 Å². The molecule has 2 aromatic heterocycles. The van der Waals surface area contributed by atoms with Crippen LogP contribution in [0.15, 0.2) is 12.5 Å². The first-order chi connectivity index (χ1) is 12.4. The van der Waals surface area contributed by atoms with Gasteiger partial charge in [-0.3, -0.25) is 0 Å². The molecule has 1 saturated carbocycles. The smallest absolute Gasteiger partial charge is 0.227 e. The van der Waals surface area contributed by atoms with Crippen molar-refractivity contribution in [2.45, 2.75) is 51.4 Å². The molecule has 8 nitrogen and oxygen atoms in total. The quantitative estimate of drug-likeness (QED) is 0.837. The Morgan fingerprint density at radius 3 is 2.81 bits per heavy atom. The number of aromatic nitrogens is 4. The van der Waals surface area contributed by atoms with E-state index in [1.54, 1.807) is 19.4 Å². The molecule has 0 aromatic carbocycles. The number of anilines is 1. The highest BCUT2D eigenvalue weighted by Gasteiger charge is 2.40. The molecule has 0 unspecified atom stereocenters. The van der Waals surface area contributed by atoms with Crippen LogP contribution in [0.3, 0.4) is 0 Å². The number of ketones is 1. The molecule has 8 heteroatoms. The first-order valence-corrected chi connectivity index (χ1v) is 9.24. The highest BCUT2D eigenvalue weighted by atomic mass is 16.3. The second-order valence-corrected chi connectivity index (χ2v) is 7.80. The third-order valence-corrected chi connectivity index (χ3v) is 5.75. The zero-order valence-electron chi connectivity index (χ0n) is 15.1. The normalized spacial score (nSPS) is 31.8. The molecular formula is C18H25N5O3. The number of fused-ring (bicyclic) bond motifs is 1. The number of imidazole rings is 1. The van der Waals surface area contributed by atoms with Crippen molar-refractivity contribution in [3.63, 3.8) is 0 Å². The molecule has 1 aliphatic carbocycles. The Labute approximate surface area is 151 Å². The molecule has 5 atom stereocenters. The number of rotatable bonds is 4. The molecule has 2 fully saturated rings. The van der Waals surface area contributed by atoms with Crippen LogP contribution in [-0.4, -0.2) is 60.8 Å². The van der Waals surface area contributed by atoms with Gasteiger partial charge in [0.1, 0.15) is 17.4 Å². The van der Waals surface area contributed by atoms with E-state index in [2.05, 4.69) is 14.9 Å². The van der Waals surface area contributed by atoms with Gasteiger partial charge in [0.25, 0.3) is 0 Å². The molecule has 4 rings (SSSR count). The van der Waals surface area contributed by atoms with E-state index >= 15 is 0 Å². The number of aliphatic hydroxyl groups excluding tert-OH is 2. The van der Waals surface area contributed by atoms with E-state index in [1.807, 2.05) is 11.5 Å². The van der Waals surface area contributed by atoms with Crippen molar-refractivity contribution in [3.8, 4) is 0 Å². The third kappa shape index (κ3) is 2.97. The van der Waals surface area contributed by atoms with Gasteiger partial charge >= 0.3 is 0 Å². The van der Waals surface area contributed by atoms with Crippen LogP contribution in [-0.2, 0) is 4.79 Å². The summed E-state index contributed by atoms with van der Waals surface area (Å²) in [6.45, 7) is 5.18. The van der Waals surface area contributed by atoms with Gasteiger partial charge in [-0.1, -0.05) is 6.92 Å². The lowest BCUT2D eigenvalue weighted by Crippen LogP contribution is -2.29. The van der Waals surface area contributed by atoms with Crippen LogP contribution in [0.2, 0.25) is 0 Å². The van der Waals surface area contributed by atoms with Crippen molar-refractivity contribution in [3.05, 3.63) is 12.5 Å². The molecular weight excluding hydrogens is 334 g/mol. The predicted molar refractivity (Wildman–Crippen MR) is 95.8 cm³/mol. The van der Waals surface area contributed by atoms with Crippen LogP contribution in [0, 0.1) is 11.8 Å². The van der Waals surface area contributed by atoms with Gasteiger partial charge in [-0.25, -0.2) is 9.97 Å². The number of carbonyl (C=O) groups excluding carboxylic acids is 1. The Morgan fingerprint density at radius 2 is 2.12 bits per heavy atom. The maximum absolute atomic E-state index is 11.4. The summed E-state index contributed by atoms with van der Waals surface area (Å²) in [5, 5.41) is 20.5. The van der Waals surface area contributed by atoms with Crippen molar-refractivity contribution in [2.24, 2.45) is 11.8 Å². The number of nitrogens with zero attached hydrogens (tertiary/aromatic N) is 5. The standard InChI is InChI=1S/C18H25N5O3/c1-10-5-14(16(26)15(10)25)23-9-20-13-7-19-18(21-17(13)23)22-4-3-12(8-22)6-11(2)24/h7,9-10,12,14-16,25-26H,3-6,8H2,1-2H3/t10-,12-,14+,15+,16-/m0/s1. The lowest BCUT2D eigenvalue weighted by atomic mass is 10.0. The molecule has 1 saturated heterocycles. The molecule has 1 aliphatic heterocycles.